The molecule has 0 nitrogen and oxygen atoms in total. The van der Waals surface area contributed by atoms with Gasteiger partial charge in [-0.3, -0.25) is 0 Å². The second-order valence-electron chi connectivity index (χ2n) is 17.6. The fourth-order valence-electron chi connectivity index (χ4n) is 11.2. The largest absolute Gasteiger partial charge is 0.0616 e. The van der Waals surface area contributed by atoms with Crippen molar-refractivity contribution in [2.24, 2.45) is 0 Å². The minimum Gasteiger partial charge on any atom is -0.0616 e. The molecule has 0 atom stereocenters. The van der Waals surface area contributed by atoms with Crippen LogP contribution in [0, 0.1) is 0 Å². The maximum absolute atomic E-state index is 2.46. The lowest BCUT2D eigenvalue weighted by Gasteiger charge is -2.20. The average Bonchev–Trinajstić information content (AvgIpc) is 3.36. The minimum atomic E-state index is 1.19. The van der Waals surface area contributed by atoms with Crippen molar-refractivity contribution in [2.45, 2.75) is 0 Å². The predicted octanol–water partition coefficient (Wildman–Crippen LogP) is 18.1. The fourth-order valence-corrected chi connectivity index (χ4v) is 11.2. The second-order valence-corrected chi connectivity index (χ2v) is 17.6. The van der Waals surface area contributed by atoms with Gasteiger partial charge in [0.1, 0.15) is 0 Å². The third kappa shape index (κ3) is 5.24. The van der Waals surface area contributed by atoms with Crippen LogP contribution in [-0.2, 0) is 0 Å². The highest BCUT2D eigenvalue weighted by atomic mass is 14.2. The molecule has 0 fully saturated rings. The average molecular weight is 807 g/mol. The van der Waals surface area contributed by atoms with Crippen molar-refractivity contribution in [1.29, 1.82) is 0 Å². The van der Waals surface area contributed by atoms with Crippen LogP contribution in [0.3, 0.4) is 0 Å². The first-order valence-corrected chi connectivity index (χ1v) is 22.3. The molecule has 0 spiro atoms. The maximum atomic E-state index is 2.46. The highest BCUT2D eigenvalue weighted by molar-refractivity contribution is 6.27. The summed E-state index contributed by atoms with van der Waals surface area (Å²) in [5.41, 5.74) is 12.2. The van der Waals surface area contributed by atoms with Crippen LogP contribution in [0.5, 0.6) is 0 Å². The summed E-state index contributed by atoms with van der Waals surface area (Å²) in [5, 5.41) is 20.5. The zero-order chi connectivity index (χ0) is 41.9. The van der Waals surface area contributed by atoms with E-state index in [0.29, 0.717) is 0 Å². The van der Waals surface area contributed by atoms with Crippen molar-refractivity contribution in [1.82, 2.24) is 0 Å². The number of rotatable bonds is 5. The summed E-state index contributed by atoms with van der Waals surface area (Å²) in [6.45, 7) is 0. The van der Waals surface area contributed by atoms with Crippen LogP contribution in [-0.4, -0.2) is 0 Å². The van der Waals surface area contributed by atoms with Gasteiger partial charge < -0.3 is 0 Å². The third-order valence-corrected chi connectivity index (χ3v) is 14.1. The molecule has 0 aliphatic carbocycles. The lowest BCUT2D eigenvalue weighted by molar-refractivity contribution is 1.57. The summed E-state index contributed by atoms with van der Waals surface area (Å²) in [6.07, 6.45) is 0. The first-order chi connectivity index (χ1) is 31.7. The van der Waals surface area contributed by atoms with E-state index in [9.17, 15) is 0 Å². The normalized spacial score (nSPS) is 12.1. The molecule has 0 heterocycles. The Morgan fingerprint density at radius 2 is 0.516 bits per heavy atom. The quantitative estimate of drug-likeness (QED) is 0.152. The van der Waals surface area contributed by atoms with Crippen LogP contribution >= 0.6 is 0 Å². The maximum Gasteiger partial charge on any atom is -0.00206 e. The van der Waals surface area contributed by atoms with Crippen LogP contribution in [0.4, 0.5) is 0 Å². The molecule has 0 aliphatic heterocycles. The molecule has 64 heavy (non-hydrogen) atoms. The molecule has 0 N–H and O–H groups in total. The van der Waals surface area contributed by atoms with Crippen LogP contribution < -0.4 is 0 Å². The summed E-state index contributed by atoms with van der Waals surface area (Å²) in [4.78, 5) is 0. The van der Waals surface area contributed by atoms with Gasteiger partial charge in [-0.05, 0) is 166 Å². The van der Waals surface area contributed by atoms with Crippen molar-refractivity contribution in [3.05, 3.63) is 231 Å². The number of hydrogen-bond acceptors (Lipinski definition) is 0. The van der Waals surface area contributed by atoms with Gasteiger partial charge >= 0.3 is 0 Å². The Morgan fingerprint density at radius 3 is 1.08 bits per heavy atom. The number of hydrogen-bond donors (Lipinski definition) is 0. The van der Waals surface area contributed by atoms with E-state index in [1.807, 2.05) is 0 Å². The molecule has 14 rings (SSSR count). The molecule has 0 radical (unpaired) electrons. The van der Waals surface area contributed by atoms with E-state index in [1.165, 1.54) is 142 Å². The van der Waals surface area contributed by atoms with E-state index >= 15 is 0 Å². The van der Waals surface area contributed by atoms with Gasteiger partial charge in [0.25, 0.3) is 0 Å². The smallest absolute Gasteiger partial charge is 0.00206 e. The molecule has 0 saturated carbocycles. The summed E-state index contributed by atoms with van der Waals surface area (Å²) in [6, 6.07) is 86.6. The minimum absolute atomic E-state index is 1.19. The van der Waals surface area contributed by atoms with E-state index < -0.39 is 0 Å². The van der Waals surface area contributed by atoms with E-state index in [2.05, 4.69) is 231 Å². The standard InChI is InChI=1S/C64H38/c1-3-17-51-39(9-1)11-7-19-53(51)47-29-32-57(56-31-26-46-24-22-42-14-6-16-44-28-34-59(56)64(46)62(42)44)60(38-47)50-36-48(54-20-8-12-40-10-2-4-18-52(40)54)35-49(37-50)55-30-25-45-23-21-41-13-5-15-43-27-33-58(55)63(45)61(41)43/h1-38H. The molecule has 0 bridgehead atoms. The molecule has 0 aromatic heterocycles. The summed E-state index contributed by atoms with van der Waals surface area (Å²) >= 11 is 0. The van der Waals surface area contributed by atoms with Crippen LogP contribution in [0.15, 0.2) is 231 Å². The first-order valence-electron chi connectivity index (χ1n) is 22.3. The fraction of sp³-hybridized carbons (Fsp3) is 0. The molecule has 0 heteroatoms. The molecular formula is C64H38. The monoisotopic (exact) mass is 806 g/mol. The van der Waals surface area contributed by atoms with Gasteiger partial charge in [-0.2, -0.15) is 0 Å². The Morgan fingerprint density at radius 1 is 0.156 bits per heavy atom. The lowest BCUT2D eigenvalue weighted by atomic mass is 9.83. The number of benzene rings is 14. The molecule has 0 saturated heterocycles. The van der Waals surface area contributed by atoms with Gasteiger partial charge in [0, 0.05) is 0 Å². The van der Waals surface area contributed by atoms with E-state index in [1.54, 1.807) is 0 Å². The van der Waals surface area contributed by atoms with E-state index in [0.717, 1.165) is 0 Å². The molecule has 0 amide bonds. The van der Waals surface area contributed by atoms with Gasteiger partial charge in [-0.15, -0.1) is 0 Å². The topological polar surface area (TPSA) is 0 Å². The summed E-state index contributed by atoms with van der Waals surface area (Å²) < 4.78 is 0. The Kier molecular flexibility index (Phi) is 7.49. The molecule has 294 valence electrons. The SMILES string of the molecule is c1ccc2c(-c3cc(-c4cc(-c5cccc6ccccc56)ccc4-c4ccc5ccc6cccc7ccc4c5c67)cc(-c4ccc5ccc6cccc7ccc4c5c67)c3)cccc2c1. The van der Waals surface area contributed by atoms with Crippen molar-refractivity contribution in [2.75, 3.05) is 0 Å². The van der Waals surface area contributed by atoms with Crippen molar-refractivity contribution < 1.29 is 0 Å². The molecular weight excluding hydrogens is 769 g/mol. The van der Waals surface area contributed by atoms with Crippen LogP contribution in [0.25, 0.3) is 142 Å². The predicted molar refractivity (Wildman–Crippen MR) is 276 cm³/mol. The summed E-state index contributed by atoms with van der Waals surface area (Å²) in [7, 11) is 0. The highest BCUT2D eigenvalue weighted by Gasteiger charge is 2.20. The zero-order valence-electron chi connectivity index (χ0n) is 34.9. The van der Waals surface area contributed by atoms with E-state index in [4.69, 9.17) is 0 Å². The molecule has 14 aromatic carbocycles. The van der Waals surface area contributed by atoms with E-state index in [-0.39, 0.29) is 0 Å². The summed E-state index contributed by atoms with van der Waals surface area (Å²) in [5.74, 6) is 0. The highest BCUT2D eigenvalue weighted by Crippen LogP contribution is 2.47. The van der Waals surface area contributed by atoms with Gasteiger partial charge in [0.05, 0.1) is 0 Å². The van der Waals surface area contributed by atoms with Gasteiger partial charge in [0.15, 0.2) is 0 Å². The Hall–Kier alpha value is -8.32. The Labute approximate surface area is 370 Å². The lowest BCUT2D eigenvalue weighted by Crippen LogP contribution is -1.93. The zero-order valence-corrected chi connectivity index (χ0v) is 34.9. The van der Waals surface area contributed by atoms with Crippen LogP contribution in [0.1, 0.15) is 0 Å². The molecule has 0 aliphatic rings. The van der Waals surface area contributed by atoms with Crippen molar-refractivity contribution >= 4 is 86.2 Å². The van der Waals surface area contributed by atoms with Gasteiger partial charge in [0.2, 0.25) is 0 Å². The Bertz CT molecular complexity index is 4140. The van der Waals surface area contributed by atoms with Crippen LogP contribution in [0.2, 0.25) is 0 Å². The van der Waals surface area contributed by atoms with Crippen molar-refractivity contribution in [3.8, 4) is 55.6 Å². The molecule has 0 unspecified atom stereocenters. The Balaban J connectivity index is 1.09. The van der Waals surface area contributed by atoms with Crippen molar-refractivity contribution in [3.63, 3.8) is 0 Å². The first kappa shape index (κ1) is 35.3. The second kappa shape index (κ2) is 13.6. The van der Waals surface area contributed by atoms with Gasteiger partial charge in [-0.1, -0.05) is 206 Å². The van der Waals surface area contributed by atoms with Gasteiger partial charge in [-0.25, -0.2) is 0 Å². The third-order valence-electron chi connectivity index (χ3n) is 14.1. The number of fused-ring (bicyclic) bond motifs is 2. The molecule has 14 aromatic rings.